The standard InChI is InChI=1S/C32H42O4/c1-7-33-20-22-35-29-16-12-25(13-17-29)31(3,4)27-10-9-11-28(24-27)32(5,6)26-14-18-30(19-15-26)36-23-21-34-8-2/h9-19,24H,7-8,20-23H2,1-6H3. The summed E-state index contributed by atoms with van der Waals surface area (Å²) in [4.78, 5) is 0. The van der Waals surface area contributed by atoms with Crippen LogP contribution in [0.4, 0.5) is 0 Å². The van der Waals surface area contributed by atoms with Crippen LogP contribution in [0.3, 0.4) is 0 Å². The van der Waals surface area contributed by atoms with Crippen molar-refractivity contribution >= 4 is 0 Å². The second kappa shape index (κ2) is 12.9. The van der Waals surface area contributed by atoms with Crippen molar-refractivity contribution in [2.24, 2.45) is 0 Å². The third-order valence-corrected chi connectivity index (χ3v) is 6.86. The largest absolute Gasteiger partial charge is 0.491 e. The van der Waals surface area contributed by atoms with E-state index in [9.17, 15) is 0 Å². The van der Waals surface area contributed by atoms with Crippen molar-refractivity contribution in [3.63, 3.8) is 0 Å². The molecule has 0 amide bonds. The Hall–Kier alpha value is -2.82. The number of hydrogen-bond acceptors (Lipinski definition) is 4. The Labute approximate surface area is 217 Å². The van der Waals surface area contributed by atoms with Gasteiger partial charge in [-0.3, -0.25) is 0 Å². The Bertz CT molecular complexity index is 970. The minimum Gasteiger partial charge on any atom is -0.491 e. The molecule has 4 nitrogen and oxygen atoms in total. The SMILES string of the molecule is CCOCCOc1ccc(C(C)(C)c2cccc(C(C)(C)c3ccc(OCCOCC)cc3)c2)cc1. The molecule has 3 rings (SSSR count). The fourth-order valence-corrected chi connectivity index (χ4v) is 4.29. The number of hydrogen-bond donors (Lipinski definition) is 0. The molecule has 3 aromatic rings. The van der Waals surface area contributed by atoms with Gasteiger partial charge in [0, 0.05) is 24.0 Å². The minimum absolute atomic E-state index is 0.145. The lowest BCUT2D eigenvalue weighted by molar-refractivity contribution is 0.110. The van der Waals surface area contributed by atoms with E-state index in [0.29, 0.717) is 39.6 Å². The van der Waals surface area contributed by atoms with Crippen molar-refractivity contribution in [3.05, 3.63) is 95.1 Å². The first-order chi connectivity index (χ1) is 17.3. The molecule has 0 unspecified atom stereocenters. The van der Waals surface area contributed by atoms with E-state index in [1.54, 1.807) is 0 Å². The summed E-state index contributed by atoms with van der Waals surface area (Å²) in [7, 11) is 0. The molecule has 0 heterocycles. The van der Waals surface area contributed by atoms with E-state index in [4.69, 9.17) is 18.9 Å². The van der Waals surface area contributed by atoms with E-state index in [-0.39, 0.29) is 10.8 Å². The number of rotatable bonds is 14. The first-order valence-corrected chi connectivity index (χ1v) is 13.0. The normalized spacial score (nSPS) is 11.9. The van der Waals surface area contributed by atoms with Crippen LogP contribution >= 0.6 is 0 Å². The van der Waals surface area contributed by atoms with E-state index in [0.717, 1.165) is 11.5 Å². The van der Waals surface area contributed by atoms with Crippen LogP contribution in [0, 0.1) is 0 Å². The average molecular weight is 491 g/mol. The van der Waals surface area contributed by atoms with Gasteiger partial charge in [-0.25, -0.2) is 0 Å². The maximum atomic E-state index is 5.79. The summed E-state index contributed by atoms with van der Waals surface area (Å²) in [6.07, 6.45) is 0. The van der Waals surface area contributed by atoms with E-state index >= 15 is 0 Å². The topological polar surface area (TPSA) is 36.9 Å². The zero-order valence-electron chi connectivity index (χ0n) is 22.8. The van der Waals surface area contributed by atoms with Gasteiger partial charge in [0.05, 0.1) is 13.2 Å². The van der Waals surface area contributed by atoms with E-state index in [1.165, 1.54) is 22.3 Å². The van der Waals surface area contributed by atoms with Crippen LogP contribution in [0.5, 0.6) is 11.5 Å². The van der Waals surface area contributed by atoms with Crippen LogP contribution in [-0.4, -0.2) is 39.6 Å². The monoisotopic (exact) mass is 490 g/mol. The molecule has 0 fully saturated rings. The molecule has 0 aliphatic heterocycles. The van der Waals surface area contributed by atoms with Gasteiger partial charge >= 0.3 is 0 Å². The van der Waals surface area contributed by atoms with Crippen molar-refractivity contribution in [1.82, 2.24) is 0 Å². The average Bonchev–Trinajstić information content (AvgIpc) is 2.90. The van der Waals surface area contributed by atoms with E-state index < -0.39 is 0 Å². The van der Waals surface area contributed by atoms with Gasteiger partial charge in [0.15, 0.2) is 0 Å². The van der Waals surface area contributed by atoms with Crippen molar-refractivity contribution in [3.8, 4) is 11.5 Å². The summed E-state index contributed by atoms with van der Waals surface area (Å²) in [5, 5.41) is 0. The summed E-state index contributed by atoms with van der Waals surface area (Å²) in [6, 6.07) is 25.8. The van der Waals surface area contributed by atoms with Gasteiger partial charge in [0.1, 0.15) is 24.7 Å². The molecule has 194 valence electrons. The predicted octanol–water partition coefficient (Wildman–Crippen LogP) is 7.17. The molecule has 0 bridgehead atoms. The molecule has 0 radical (unpaired) electrons. The smallest absolute Gasteiger partial charge is 0.119 e. The molecule has 4 heteroatoms. The molecule has 36 heavy (non-hydrogen) atoms. The second-order valence-electron chi connectivity index (χ2n) is 9.97. The molecule has 0 N–H and O–H groups in total. The molecule has 0 aliphatic rings. The Kier molecular flexibility index (Phi) is 9.98. The Morgan fingerprint density at radius 3 is 1.25 bits per heavy atom. The maximum absolute atomic E-state index is 5.79. The van der Waals surface area contributed by atoms with Crippen molar-refractivity contribution in [1.29, 1.82) is 0 Å². The predicted molar refractivity (Wildman–Crippen MR) is 148 cm³/mol. The highest BCUT2D eigenvalue weighted by Gasteiger charge is 2.28. The zero-order valence-corrected chi connectivity index (χ0v) is 22.8. The lowest BCUT2D eigenvalue weighted by Crippen LogP contribution is -2.23. The highest BCUT2D eigenvalue weighted by atomic mass is 16.5. The number of benzene rings is 3. The lowest BCUT2D eigenvalue weighted by Gasteiger charge is -2.31. The highest BCUT2D eigenvalue weighted by Crippen LogP contribution is 2.37. The Morgan fingerprint density at radius 1 is 0.500 bits per heavy atom. The fraction of sp³-hybridized carbons (Fsp3) is 0.438. The van der Waals surface area contributed by atoms with Crippen LogP contribution in [0.25, 0.3) is 0 Å². The molecular weight excluding hydrogens is 448 g/mol. The Balaban J connectivity index is 1.74. The maximum Gasteiger partial charge on any atom is 0.119 e. The summed E-state index contributed by atoms with van der Waals surface area (Å²) >= 11 is 0. The fourth-order valence-electron chi connectivity index (χ4n) is 4.29. The first-order valence-electron chi connectivity index (χ1n) is 13.0. The molecule has 0 saturated carbocycles. The van der Waals surface area contributed by atoms with Crippen LogP contribution < -0.4 is 9.47 Å². The van der Waals surface area contributed by atoms with Gasteiger partial charge in [-0.2, -0.15) is 0 Å². The van der Waals surface area contributed by atoms with Gasteiger partial charge in [0.25, 0.3) is 0 Å². The van der Waals surface area contributed by atoms with Crippen molar-refractivity contribution in [2.45, 2.75) is 52.4 Å². The third-order valence-electron chi connectivity index (χ3n) is 6.86. The van der Waals surface area contributed by atoms with Gasteiger partial charge in [-0.15, -0.1) is 0 Å². The highest BCUT2D eigenvalue weighted by molar-refractivity contribution is 5.46. The molecule has 0 atom stereocenters. The zero-order chi connectivity index (χ0) is 26.0. The second-order valence-corrected chi connectivity index (χ2v) is 9.97. The van der Waals surface area contributed by atoms with Crippen LogP contribution in [0.1, 0.15) is 63.8 Å². The van der Waals surface area contributed by atoms with Gasteiger partial charge in [-0.1, -0.05) is 76.2 Å². The molecule has 0 spiro atoms. The van der Waals surface area contributed by atoms with Gasteiger partial charge in [-0.05, 0) is 60.4 Å². The molecule has 0 saturated heterocycles. The molecule has 0 aliphatic carbocycles. The van der Waals surface area contributed by atoms with E-state index in [1.807, 2.05) is 13.8 Å². The molecular formula is C32H42O4. The summed E-state index contributed by atoms with van der Waals surface area (Å²) < 4.78 is 22.3. The summed E-state index contributed by atoms with van der Waals surface area (Å²) in [5.74, 6) is 1.74. The van der Waals surface area contributed by atoms with Gasteiger partial charge < -0.3 is 18.9 Å². The first kappa shape index (κ1) is 27.8. The van der Waals surface area contributed by atoms with Crippen LogP contribution in [-0.2, 0) is 20.3 Å². The third kappa shape index (κ3) is 7.11. The molecule has 0 aromatic heterocycles. The van der Waals surface area contributed by atoms with Crippen LogP contribution in [0.2, 0.25) is 0 Å². The van der Waals surface area contributed by atoms with Crippen molar-refractivity contribution < 1.29 is 18.9 Å². The lowest BCUT2D eigenvalue weighted by atomic mass is 9.73. The summed E-state index contributed by atoms with van der Waals surface area (Å²) in [5.41, 5.74) is 4.79. The van der Waals surface area contributed by atoms with Crippen LogP contribution in [0.15, 0.2) is 72.8 Å². The Morgan fingerprint density at radius 2 is 0.889 bits per heavy atom. The minimum atomic E-state index is -0.145. The quantitative estimate of drug-likeness (QED) is 0.225. The van der Waals surface area contributed by atoms with Gasteiger partial charge in [0.2, 0.25) is 0 Å². The molecule has 3 aromatic carbocycles. The van der Waals surface area contributed by atoms with E-state index in [2.05, 4.69) is 100 Å². The number of ether oxygens (including phenoxy) is 4. The van der Waals surface area contributed by atoms with Crippen molar-refractivity contribution in [2.75, 3.05) is 39.6 Å². The summed E-state index contributed by atoms with van der Waals surface area (Å²) in [6.45, 7) is 16.8.